The van der Waals surface area contributed by atoms with Crippen molar-refractivity contribution in [1.82, 2.24) is 15.1 Å². The Kier molecular flexibility index (Phi) is 4.05. The molecule has 3 rings (SSSR count). The Morgan fingerprint density at radius 1 is 1.43 bits per heavy atom. The molecule has 0 saturated heterocycles. The minimum Gasteiger partial charge on any atom is -0.353 e. The summed E-state index contributed by atoms with van der Waals surface area (Å²) in [6.07, 6.45) is 6.04. The first-order valence-corrected chi connectivity index (χ1v) is 8.33. The van der Waals surface area contributed by atoms with Gasteiger partial charge in [-0.2, -0.15) is 5.10 Å². The first-order valence-electron chi connectivity index (χ1n) is 8.33. The van der Waals surface area contributed by atoms with Crippen molar-refractivity contribution in [3.8, 4) is 0 Å². The van der Waals surface area contributed by atoms with Gasteiger partial charge >= 0.3 is 0 Å². The molecule has 4 atom stereocenters. The van der Waals surface area contributed by atoms with Crippen LogP contribution >= 0.6 is 0 Å². The highest BCUT2D eigenvalue weighted by Gasteiger charge is 2.42. The summed E-state index contributed by atoms with van der Waals surface area (Å²) in [5, 5.41) is 7.63. The van der Waals surface area contributed by atoms with Gasteiger partial charge in [0.25, 0.3) is 0 Å². The molecule has 2 saturated carbocycles. The third-order valence-electron chi connectivity index (χ3n) is 5.48. The van der Waals surface area contributed by atoms with Crippen molar-refractivity contribution in [3.05, 3.63) is 17.5 Å². The maximum Gasteiger partial charge on any atom is 0.222 e. The second-order valence-corrected chi connectivity index (χ2v) is 7.10. The molecule has 2 aliphatic rings. The third kappa shape index (κ3) is 3.14. The van der Waals surface area contributed by atoms with E-state index < -0.39 is 0 Å². The molecule has 1 heterocycles. The number of hydrogen-bond acceptors (Lipinski definition) is 2. The smallest absolute Gasteiger partial charge is 0.222 e. The molecule has 2 aliphatic carbocycles. The zero-order valence-corrected chi connectivity index (χ0v) is 13.4. The molecule has 1 N–H and O–H groups in total. The van der Waals surface area contributed by atoms with E-state index in [1.165, 1.54) is 25.7 Å². The van der Waals surface area contributed by atoms with Crippen LogP contribution in [0.4, 0.5) is 0 Å². The average molecular weight is 289 g/mol. The highest BCUT2D eigenvalue weighted by atomic mass is 16.1. The fourth-order valence-corrected chi connectivity index (χ4v) is 4.45. The summed E-state index contributed by atoms with van der Waals surface area (Å²) in [6.45, 7) is 6.89. The van der Waals surface area contributed by atoms with Crippen LogP contribution in [0.3, 0.4) is 0 Å². The first kappa shape index (κ1) is 14.6. The van der Waals surface area contributed by atoms with Crippen LogP contribution in [0, 0.1) is 31.6 Å². The lowest BCUT2D eigenvalue weighted by atomic mass is 9.84. The van der Waals surface area contributed by atoms with Crippen LogP contribution in [-0.2, 0) is 11.3 Å². The van der Waals surface area contributed by atoms with Crippen LogP contribution in [0.15, 0.2) is 6.07 Å². The molecule has 0 radical (unpaired) electrons. The second kappa shape index (κ2) is 5.82. The van der Waals surface area contributed by atoms with E-state index in [9.17, 15) is 4.79 Å². The quantitative estimate of drug-likeness (QED) is 0.906. The number of fused-ring (bicyclic) bond motifs is 2. The van der Waals surface area contributed by atoms with Crippen LogP contribution in [0.25, 0.3) is 0 Å². The van der Waals surface area contributed by atoms with E-state index in [2.05, 4.69) is 23.4 Å². The highest BCUT2D eigenvalue weighted by molar-refractivity contribution is 5.76. The molecule has 116 valence electrons. The van der Waals surface area contributed by atoms with Crippen LogP contribution in [-0.4, -0.2) is 21.7 Å². The summed E-state index contributed by atoms with van der Waals surface area (Å²) in [4.78, 5) is 12.2. The van der Waals surface area contributed by atoms with E-state index in [-0.39, 0.29) is 5.91 Å². The van der Waals surface area contributed by atoms with Gasteiger partial charge in [0.05, 0.1) is 5.69 Å². The number of hydrogen-bond donors (Lipinski definition) is 1. The second-order valence-electron chi connectivity index (χ2n) is 7.10. The number of aromatic nitrogens is 2. The summed E-state index contributed by atoms with van der Waals surface area (Å²) in [5.74, 6) is 2.68. The molecular weight excluding hydrogens is 262 g/mol. The molecule has 0 unspecified atom stereocenters. The number of rotatable bonds is 5. The fraction of sp³-hybridized carbons (Fsp3) is 0.765. The van der Waals surface area contributed by atoms with Crippen LogP contribution in [0.5, 0.6) is 0 Å². The van der Waals surface area contributed by atoms with E-state index in [1.807, 2.05) is 18.5 Å². The predicted octanol–water partition coefficient (Wildman–Crippen LogP) is 2.83. The molecular formula is C17H27N3O. The van der Waals surface area contributed by atoms with E-state index in [1.54, 1.807) is 0 Å². The van der Waals surface area contributed by atoms with Gasteiger partial charge in [-0.3, -0.25) is 9.48 Å². The number of nitrogens with one attached hydrogen (secondary N) is 1. The minimum atomic E-state index is 0.165. The Labute approximate surface area is 127 Å². The van der Waals surface area contributed by atoms with Gasteiger partial charge in [-0.05, 0) is 63.9 Å². The number of carbonyl (C=O) groups excluding carboxylic acids is 1. The third-order valence-corrected chi connectivity index (χ3v) is 5.48. The number of carbonyl (C=O) groups is 1. The van der Waals surface area contributed by atoms with Gasteiger partial charge in [-0.15, -0.1) is 0 Å². The van der Waals surface area contributed by atoms with Crippen LogP contribution in [0.1, 0.15) is 50.4 Å². The highest BCUT2D eigenvalue weighted by Crippen LogP contribution is 2.49. The summed E-state index contributed by atoms with van der Waals surface area (Å²) in [5.41, 5.74) is 2.14. The number of aryl methyl sites for hydroxylation is 3. The zero-order valence-electron chi connectivity index (χ0n) is 13.4. The van der Waals surface area contributed by atoms with Crippen molar-refractivity contribution < 1.29 is 4.79 Å². The van der Waals surface area contributed by atoms with Crippen LogP contribution in [0.2, 0.25) is 0 Å². The maximum atomic E-state index is 12.2. The summed E-state index contributed by atoms with van der Waals surface area (Å²) >= 11 is 0. The van der Waals surface area contributed by atoms with Crippen LogP contribution < -0.4 is 5.32 Å². The zero-order chi connectivity index (χ0) is 15.0. The Balaban J connectivity index is 1.47. The molecule has 1 aromatic rings. The molecule has 4 heteroatoms. The molecule has 2 fully saturated rings. The molecule has 4 nitrogen and oxygen atoms in total. The van der Waals surface area contributed by atoms with Gasteiger partial charge in [-0.1, -0.05) is 6.42 Å². The maximum absolute atomic E-state index is 12.2. The SMILES string of the molecule is Cc1cc(C)n(CCC(=O)N[C@@H](C)[C@@H]2C[C@@H]3CC[C@@H]2C3)n1. The first-order chi connectivity index (χ1) is 10.0. The van der Waals surface area contributed by atoms with Gasteiger partial charge in [0.15, 0.2) is 0 Å². The average Bonchev–Trinajstić information content (AvgIpc) is 3.12. The minimum absolute atomic E-state index is 0.165. The molecule has 1 amide bonds. The van der Waals surface area contributed by atoms with Crippen molar-refractivity contribution in [3.63, 3.8) is 0 Å². The fourth-order valence-electron chi connectivity index (χ4n) is 4.45. The standard InChI is InChI=1S/C17H27N3O/c1-11-8-12(2)20(19-11)7-6-17(21)18-13(3)16-10-14-4-5-15(16)9-14/h8,13-16H,4-7,9-10H2,1-3H3,(H,18,21)/t13-,14+,15+,16-/m0/s1. The van der Waals surface area contributed by atoms with E-state index in [0.717, 1.165) is 23.2 Å². The van der Waals surface area contributed by atoms with Gasteiger partial charge in [0.2, 0.25) is 5.91 Å². The van der Waals surface area contributed by atoms with Crippen molar-refractivity contribution in [2.45, 2.75) is 65.5 Å². The lowest BCUT2D eigenvalue weighted by Gasteiger charge is -2.28. The lowest BCUT2D eigenvalue weighted by molar-refractivity contribution is -0.122. The van der Waals surface area contributed by atoms with Crippen molar-refractivity contribution in [1.29, 1.82) is 0 Å². The molecule has 21 heavy (non-hydrogen) atoms. The Bertz CT molecular complexity index is 522. The topological polar surface area (TPSA) is 46.9 Å². The van der Waals surface area contributed by atoms with E-state index >= 15 is 0 Å². The van der Waals surface area contributed by atoms with Gasteiger partial charge < -0.3 is 5.32 Å². The Morgan fingerprint density at radius 3 is 2.81 bits per heavy atom. The number of amides is 1. The number of nitrogens with zero attached hydrogens (tertiary/aromatic N) is 2. The molecule has 0 aromatic carbocycles. The van der Waals surface area contributed by atoms with Gasteiger partial charge in [-0.25, -0.2) is 0 Å². The summed E-state index contributed by atoms with van der Waals surface area (Å²) < 4.78 is 1.93. The Hall–Kier alpha value is -1.32. The van der Waals surface area contributed by atoms with Crippen molar-refractivity contribution in [2.75, 3.05) is 0 Å². The largest absolute Gasteiger partial charge is 0.353 e. The molecule has 1 aromatic heterocycles. The lowest BCUT2D eigenvalue weighted by Crippen LogP contribution is -2.40. The van der Waals surface area contributed by atoms with Gasteiger partial charge in [0, 0.05) is 24.7 Å². The molecule has 0 aliphatic heterocycles. The summed E-state index contributed by atoms with van der Waals surface area (Å²) in [6, 6.07) is 2.38. The summed E-state index contributed by atoms with van der Waals surface area (Å²) in [7, 11) is 0. The van der Waals surface area contributed by atoms with Crippen molar-refractivity contribution in [2.24, 2.45) is 17.8 Å². The van der Waals surface area contributed by atoms with E-state index in [0.29, 0.717) is 24.9 Å². The van der Waals surface area contributed by atoms with Gasteiger partial charge in [0.1, 0.15) is 0 Å². The monoisotopic (exact) mass is 289 g/mol. The van der Waals surface area contributed by atoms with E-state index in [4.69, 9.17) is 0 Å². The molecule has 0 spiro atoms. The Morgan fingerprint density at radius 2 is 2.24 bits per heavy atom. The predicted molar refractivity (Wildman–Crippen MR) is 82.9 cm³/mol. The molecule has 2 bridgehead atoms. The normalized spacial score (nSPS) is 28.8. The van der Waals surface area contributed by atoms with Crippen molar-refractivity contribution >= 4 is 5.91 Å².